The van der Waals surface area contributed by atoms with Crippen LogP contribution in [0.3, 0.4) is 0 Å². The van der Waals surface area contributed by atoms with Crippen LogP contribution in [0.2, 0.25) is 0 Å². The Morgan fingerprint density at radius 2 is 2.32 bits per heavy atom. The Morgan fingerprint density at radius 3 is 3.05 bits per heavy atom. The lowest BCUT2D eigenvalue weighted by atomic mass is 10.2. The normalized spacial score (nSPS) is 21.3. The Hall–Kier alpha value is -1.73. The van der Waals surface area contributed by atoms with E-state index in [1.807, 2.05) is 0 Å². The molecule has 1 aromatic rings. The Bertz CT molecular complexity index is 454. The highest BCUT2D eigenvalue weighted by atomic mass is 16.6. The maximum absolute atomic E-state index is 10.9. The van der Waals surface area contributed by atoms with Gasteiger partial charge in [0, 0.05) is 44.5 Å². The molecule has 1 unspecified atom stereocenters. The van der Waals surface area contributed by atoms with E-state index in [2.05, 4.69) is 34.2 Å². The van der Waals surface area contributed by atoms with Gasteiger partial charge in [-0.2, -0.15) is 0 Å². The second-order valence-corrected chi connectivity index (χ2v) is 4.91. The summed E-state index contributed by atoms with van der Waals surface area (Å²) in [6.45, 7) is 3.66. The van der Waals surface area contributed by atoms with E-state index < -0.39 is 4.92 Å². The van der Waals surface area contributed by atoms with Gasteiger partial charge in [-0.15, -0.1) is 0 Å². The van der Waals surface area contributed by atoms with Crippen molar-refractivity contribution in [3.8, 4) is 0 Å². The zero-order chi connectivity index (χ0) is 13.8. The van der Waals surface area contributed by atoms with E-state index in [-0.39, 0.29) is 5.69 Å². The fraction of sp³-hybridized carbons (Fsp3) is 0.583. The molecule has 7 nitrogen and oxygen atoms in total. The molecule has 7 heteroatoms. The summed E-state index contributed by atoms with van der Waals surface area (Å²) in [4.78, 5) is 19.1. The smallest absolute Gasteiger partial charge is 0.311 e. The Balaban J connectivity index is 2.00. The van der Waals surface area contributed by atoms with Gasteiger partial charge in [0.15, 0.2) is 0 Å². The quantitative estimate of drug-likeness (QED) is 0.636. The van der Waals surface area contributed by atoms with E-state index in [4.69, 9.17) is 0 Å². The predicted octanol–water partition coefficient (Wildman–Crippen LogP) is 0.647. The third kappa shape index (κ3) is 3.39. The number of nitro groups is 1. The minimum Gasteiger partial charge on any atom is -0.363 e. The number of pyridine rings is 1. The second kappa shape index (κ2) is 5.94. The molecule has 2 rings (SSSR count). The summed E-state index contributed by atoms with van der Waals surface area (Å²) in [7, 11) is 4.16. The highest BCUT2D eigenvalue weighted by Crippen LogP contribution is 2.20. The minimum atomic E-state index is -0.411. The monoisotopic (exact) mass is 265 g/mol. The maximum atomic E-state index is 10.9. The average molecular weight is 265 g/mol. The predicted molar refractivity (Wildman–Crippen MR) is 73.3 cm³/mol. The Kier molecular flexibility index (Phi) is 4.28. The van der Waals surface area contributed by atoms with Crippen LogP contribution in [0.25, 0.3) is 0 Å². The zero-order valence-corrected chi connectivity index (χ0v) is 11.2. The van der Waals surface area contributed by atoms with Crippen molar-refractivity contribution >= 4 is 11.5 Å². The number of anilines is 1. The molecule has 1 aliphatic heterocycles. The third-order valence-corrected chi connectivity index (χ3v) is 3.47. The Morgan fingerprint density at radius 1 is 1.53 bits per heavy atom. The number of piperazine rings is 1. The summed E-state index contributed by atoms with van der Waals surface area (Å²) in [6.07, 6.45) is 1.56. The van der Waals surface area contributed by atoms with Crippen LogP contribution in [0, 0.1) is 10.1 Å². The molecule has 0 spiro atoms. The second-order valence-electron chi connectivity index (χ2n) is 4.91. The summed E-state index contributed by atoms with van der Waals surface area (Å²) in [5, 5.41) is 14.0. The molecular weight excluding hydrogens is 246 g/mol. The fourth-order valence-electron chi connectivity index (χ4n) is 2.22. The average Bonchev–Trinajstić information content (AvgIpc) is 2.40. The van der Waals surface area contributed by atoms with Gasteiger partial charge in [-0.3, -0.25) is 15.0 Å². The van der Waals surface area contributed by atoms with Gasteiger partial charge in [-0.1, -0.05) is 0 Å². The summed E-state index contributed by atoms with van der Waals surface area (Å²) in [5.74, 6) is 0.342. The van der Waals surface area contributed by atoms with Gasteiger partial charge in [0.05, 0.1) is 4.92 Å². The van der Waals surface area contributed by atoms with Gasteiger partial charge < -0.3 is 10.2 Å². The highest BCUT2D eigenvalue weighted by molar-refractivity contribution is 5.55. The standard InChI is InChI=1S/C12H19N5O2/c1-15-6-7-16(2)10(9-15)8-14-12-11(17(18)19)4-3-5-13-12/h3-5,10H,6-9H2,1-2H3,(H,13,14). The first-order chi connectivity index (χ1) is 9.08. The van der Waals surface area contributed by atoms with Crippen molar-refractivity contribution in [2.75, 3.05) is 45.6 Å². The largest absolute Gasteiger partial charge is 0.363 e. The van der Waals surface area contributed by atoms with Crippen LogP contribution in [0.15, 0.2) is 18.3 Å². The van der Waals surface area contributed by atoms with Crippen molar-refractivity contribution in [3.63, 3.8) is 0 Å². The number of rotatable bonds is 4. The number of nitrogens with zero attached hydrogens (tertiary/aromatic N) is 4. The molecule has 0 aliphatic carbocycles. The first-order valence-corrected chi connectivity index (χ1v) is 6.30. The molecule has 2 heterocycles. The van der Waals surface area contributed by atoms with Crippen molar-refractivity contribution in [2.45, 2.75) is 6.04 Å². The zero-order valence-electron chi connectivity index (χ0n) is 11.2. The molecule has 1 aliphatic rings. The molecule has 0 saturated carbocycles. The molecule has 0 bridgehead atoms. The molecule has 104 valence electrons. The van der Waals surface area contributed by atoms with Crippen LogP contribution in [-0.4, -0.2) is 66.0 Å². The molecule has 1 atom stereocenters. The number of hydrogen-bond donors (Lipinski definition) is 1. The number of likely N-dealkylation sites (N-methyl/N-ethyl adjacent to an activating group) is 2. The van der Waals surface area contributed by atoms with Crippen molar-refractivity contribution in [1.82, 2.24) is 14.8 Å². The van der Waals surface area contributed by atoms with Crippen molar-refractivity contribution in [1.29, 1.82) is 0 Å². The minimum absolute atomic E-state index is 0.0225. The van der Waals surface area contributed by atoms with E-state index in [0.717, 1.165) is 19.6 Å². The van der Waals surface area contributed by atoms with Crippen molar-refractivity contribution < 1.29 is 4.92 Å². The lowest BCUT2D eigenvalue weighted by Crippen LogP contribution is -2.52. The molecule has 1 aromatic heterocycles. The molecule has 0 radical (unpaired) electrons. The van der Waals surface area contributed by atoms with Gasteiger partial charge in [0.2, 0.25) is 5.82 Å². The van der Waals surface area contributed by atoms with Crippen LogP contribution >= 0.6 is 0 Å². The summed E-state index contributed by atoms with van der Waals surface area (Å²) >= 11 is 0. The molecule has 0 amide bonds. The van der Waals surface area contributed by atoms with Gasteiger partial charge in [-0.05, 0) is 20.2 Å². The summed E-state index contributed by atoms with van der Waals surface area (Å²) < 4.78 is 0. The van der Waals surface area contributed by atoms with Crippen LogP contribution in [0.4, 0.5) is 11.5 Å². The van der Waals surface area contributed by atoms with Crippen LogP contribution < -0.4 is 5.32 Å². The van der Waals surface area contributed by atoms with E-state index in [0.29, 0.717) is 18.4 Å². The number of nitrogens with one attached hydrogen (secondary N) is 1. The number of aromatic nitrogens is 1. The van der Waals surface area contributed by atoms with Crippen molar-refractivity contribution in [3.05, 3.63) is 28.4 Å². The molecule has 0 aromatic carbocycles. The molecule has 1 saturated heterocycles. The topological polar surface area (TPSA) is 74.5 Å². The van der Waals surface area contributed by atoms with Crippen LogP contribution in [0.1, 0.15) is 0 Å². The SMILES string of the molecule is CN1CCN(C)C(CNc2ncccc2[N+](=O)[O-])C1. The summed E-state index contributed by atoms with van der Waals surface area (Å²) in [5.41, 5.74) is 0.0225. The highest BCUT2D eigenvalue weighted by Gasteiger charge is 2.23. The van der Waals surface area contributed by atoms with E-state index >= 15 is 0 Å². The van der Waals surface area contributed by atoms with Crippen LogP contribution in [0.5, 0.6) is 0 Å². The third-order valence-electron chi connectivity index (χ3n) is 3.47. The summed E-state index contributed by atoms with van der Waals surface area (Å²) in [6, 6.07) is 3.37. The molecule has 19 heavy (non-hydrogen) atoms. The van der Waals surface area contributed by atoms with Gasteiger partial charge in [0.1, 0.15) is 0 Å². The van der Waals surface area contributed by atoms with Gasteiger partial charge in [0.25, 0.3) is 0 Å². The fourth-order valence-corrected chi connectivity index (χ4v) is 2.22. The first kappa shape index (κ1) is 13.7. The van der Waals surface area contributed by atoms with E-state index in [1.165, 1.54) is 6.07 Å². The van der Waals surface area contributed by atoms with Gasteiger partial charge in [-0.25, -0.2) is 4.98 Å². The molecule has 1 N–H and O–H groups in total. The lowest BCUT2D eigenvalue weighted by Gasteiger charge is -2.37. The first-order valence-electron chi connectivity index (χ1n) is 6.30. The van der Waals surface area contributed by atoms with Gasteiger partial charge >= 0.3 is 5.69 Å². The molecule has 1 fully saturated rings. The number of hydrogen-bond acceptors (Lipinski definition) is 6. The van der Waals surface area contributed by atoms with Crippen LogP contribution in [-0.2, 0) is 0 Å². The maximum Gasteiger partial charge on any atom is 0.311 e. The van der Waals surface area contributed by atoms with E-state index in [9.17, 15) is 10.1 Å². The molecular formula is C12H19N5O2. The lowest BCUT2D eigenvalue weighted by molar-refractivity contribution is -0.384. The van der Waals surface area contributed by atoms with E-state index in [1.54, 1.807) is 12.3 Å². The Labute approximate surface area is 112 Å². The van der Waals surface area contributed by atoms with Crippen molar-refractivity contribution in [2.24, 2.45) is 0 Å².